The quantitative estimate of drug-likeness (QED) is 0.264. The van der Waals surface area contributed by atoms with Gasteiger partial charge in [0.25, 0.3) is 5.91 Å². The highest BCUT2D eigenvalue weighted by molar-refractivity contribution is 6.14. The highest BCUT2D eigenvalue weighted by Crippen LogP contribution is 2.22. The average Bonchev–Trinajstić information content (AvgIpc) is 2.83. The second-order valence-corrected chi connectivity index (χ2v) is 9.30. The molecule has 0 saturated carbocycles. The van der Waals surface area contributed by atoms with Gasteiger partial charge in [-0.3, -0.25) is 19.8 Å². The number of ether oxygens (including phenoxy) is 2. The standard InChI is InChI=1S/C27H34FN3O6/c1-6-7-16-29-24(33)22(23(32)18-12-14-20(28)15-13-18)31(26(35)36-5)17-19-10-8-9-11-21(19)30-25(34)37-27(2,3)4/h8-15,22H,6-7,16-17H2,1-5H3,(H,29,33)(H,30,34). The summed E-state index contributed by atoms with van der Waals surface area (Å²) in [6.07, 6.45) is -0.162. The molecule has 0 fully saturated rings. The number of ketones is 1. The van der Waals surface area contributed by atoms with Gasteiger partial charge in [0, 0.05) is 17.8 Å². The van der Waals surface area contributed by atoms with E-state index in [-0.39, 0.29) is 12.1 Å². The number of para-hydroxylation sites is 1. The Kier molecular flexibility index (Phi) is 10.6. The van der Waals surface area contributed by atoms with Gasteiger partial charge in [-0.05, 0) is 63.1 Å². The lowest BCUT2D eigenvalue weighted by Gasteiger charge is -2.29. The zero-order chi connectivity index (χ0) is 27.6. The lowest BCUT2D eigenvalue weighted by Crippen LogP contribution is -2.53. The summed E-state index contributed by atoms with van der Waals surface area (Å²) in [4.78, 5) is 53.0. The van der Waals surface area contributed by atoms with Gasteiger partial charge in [-0.15, -0.1) is 0 Å². The molecule has 10 heteroatoms. The van der Waals surface area contributed by atoms with E-state index in [0.717, 1.165) is 30.6 Å². The predicted octanol–water partition coefficient (Wildman–Crippen LogP) is 4.91. The third-order valence-electron chi connectivity index (χ3n) is 5.17. The first-order valence-corrected chi connectivity index (χ1v) is 12.0. The molecule has 0 bridgehead atoms. The number of nitrogens with zero attached hydrogens (tertiary/aromatic N) is 1. The third kappa shape index (κ3) is 8.89. The van der Waals surface area contributed by atoms with Crippen molar-refractivity contribution in [2.75, 3.05) is 19.0 Å². The smallest absolute Gasteiger partial charge is 0.412 e. The Balaban J connectivity index is 2.46. The molecule has 0 heterocycles. The molecule has 37 heavy (non-hydrogen) atoms. The predicted molar refractivity (Wildman–Crippen MR) is 137 cm³/mol. The van der Waals surface area contributed by atoms with Crippen LogP contribution in [0.1, 0.15) is 56.5 Å². The van der Waals surface area contributed by atoms with Gasteiger partial charge in [0.2, 0.25) is 0 Å². The summed E-state index contributed by atoms with van der Waals surface area (Å²) in [7, 11) is 1.13. The van der Waals surface area contributed by atoms with Gasteiger partial charge in [0.05, 0.1) is 13.7 Å². The van der Waals surface area contributed by atoms with Crippen molar-refractivity contribution in [1.29, 1.82) is 0 Å². The Morgan fingerprint density at radius 2 is 1.68 bits per heavy atom. The van der Waals surface area contributed by atoms with Crippen molar-refractivity contribution in [3.05, 3.63) is 65.5 Å². The number of benzene rings is 2. The van der Waals surface area contributed by atoms with E-state index in [4.69, 9.17) is 9.47 Å². The van der Waals surface area contributed by atoms with Crippen LogP contribution in [0.25, 0.3) is 0 Å². The lowest BCUT2D eigenvalue weighted by atomic mass is 10.0. The molecule has 1 atom stereocenters. The van der Waals surface area contributed by atoms with Gasteiger partial charge >= 0.3 is 12.2 Å². The number of unbranched alkanes of at least 4 members (excludes halogenated alkanes) is 1. The summed E-state index contributed by atoms with van der Waals surface area (Å²) >= 11 is 0. The van der Waals surface area contributed by atoms with Crippen LogP contribution in [-0.2, 0) is 20.8 Å². The third-order valence-corrected chi connectivity index (χ3v) is 5.17. The van der Waals surface area contributed by atoms with Crippen molar-refractivity contribution in [3.8, 4) is 0 Å². The lowest BCUT2D eigenvalue weighted by molar-refractivity contribution is -0.124. The summed E-state index contributed by atoms with van der Waals surface area (Å²) < 4.78 is 23.7. The van der Waals surface area contributed by atoms with Crippen molar-refractivity contribution in [1.82, 2.24) is 10.2 Å². The molecule has 1 unspecified atom stereocenters. The number of Topliss-reactive ketones (excluding diaryl/α,β-unsaturated/α-hetero) is 1. The Morgan fingerprint density at radius 1 is 1.03 bits per heavy atom. The molecule has 3 amide bonds. The highest BCUT2D eigenvalue weighted by atomic mass is 19.1. The number of anilines is 1. The largest absolute Gasteiger partial charge is 0.453 e. The van der Waals surface area contributed by atoms with Crippen molar-refractivity contribution >= 4 is 29.6 Å². The molecule has 200 valence electrons. The van der Waals surface area contributed by atoms with E-state index >= 15 is 0 Å². The molecule has 2 aromatic rings. The number of amides is 3. The second-order valence-electron chi connectivity index (χ2n) is 9.30. The topological polar surface area (TPSA) is 114 Å². The number of nitrogens with one attached hydrogen (secondary N) is 2. The average molecular weight is 516 g/mol. The number of hydrogen-bond acceptors (Lipinski definition) is 6. The van der Waals surface area contributed by atoms with Crippen molar-refractivity contribution in [2.45, 2.75) is 58.7 Å². The van der Waals surface area contributed by atoms with Crippen LogP contribution < -0.4 is 10.6 Å². The summed E-state index contributed by atoms with van der Waals surface area (Å²) in [6, 6.07) is 9.69. The number of carbonyl (C=O) groups excluding carboxylic acids is 4. The molecule has 0 aliphatic rings. The zero-order valence-corrected chi connectivity index (χ0v) is 21.8. The van der Waals surface area contributed by atoms with Crippen LogP contribution in [-0.4, -0.2) is 54.1 Å². The molecule has 0 aromatic heterocycles. The maximum atomic E-state index is 13.5. The minimum Gasteiger partial charge on any atom is -0.453 e. The van der Waals surface area contributed by atoms with Gasteiger partial charge in [-0.1, -0.05) is 31.5 Å². The van der Waals surface area contributed by atoms with Crippen LogP contribution >= 0.6 is 0 Å². The van der Waals surface area contributed by atoms with Crippen LogP contribution in [0.4, 0.5) is 19.7 Å². The first-order valence-electron chi connectivity index (χ1n) is 12.0. The van der Waals surface area contributed by atoms with Crippen molar-refractivity contribution in [3.63, 3.8) is 0 Å². The van der Waals surface area contributed by atoms with Gasteiger partial charge in [0.15, 0.2) is 11.8 Å². The number of hydrogen-bond donors (Lipinski definition) is 2. The normalized spacial score (nSPS) is 11.7. The van der Waals surface area contributed by atoms with Crippen LogP contribution in [0.5, 0.6) is 0 Å². The Labute approximate surface area is 216 Å². The molecule has 9 nitrogen and oxygen atoms in total. The maximum absolute atomic E-state index is 13.5. The number of rotatable bonds is 10. The summed E-state index contributed by atoms with van der Waals surface area (Å²) in [5, 5.41) is 5.33. The zero-order valence-electron chi connectivity index (χ0n) is 21.8. The van der Waals surface area contributed by atoms with Crippen LogP contribution in [0.2, 0.25) is 0 Å². The first kappa shape index (κ1) is 29.3. The van der Waals surface area contributed by atoms with Gasteiger partial charge in [-0.2, -0.15) is 0 Å². The number of carbonyl (C=O) groups is 4. The molecule has 0 aliphatic heterocycles. The molecule has 0 radical (unpaired) electrons. The van der Waals surface area contributed by atoms with Gasteiger partial charge < -0.3 is 14.8 Å². The number of methoxy groups -OCH3 is 1. The van der Waals surface area contributed by atoms with E-state index < -0.39 is 41.3 Å². The van der Waals surface area contributed by atoms with E-state index in [1.54, 1.807) is 45.0 Å². The van der Waals surface area contributed by atoms with Crippen molar-refractivity contribution < 1.29 is 33.0 Å². The SMILES string of the molecule is CCCCNC(=O)C(C(=O)c1ccc(F)cc1)N(Cc1ccccc1NC(=O)OC(C)(C)C)C(=O)OC. The second kappa shape index (κ2) is 13.4. The molecule has 0 aliphatic carbocycles. The summed E-state index contributed by atoms with van der Waals surface area (Å²) in [6.45, 7) is 7.16. The summed E-state index contributed by atoms with van der Waals surface area (Å²) in [5.74, 6) is -1.96. The Morgan fingerprint density at radius 3 is 2.27 bits per heavy atom. The fourth-order valence-electron chi connectivity index (χ4n) is 3.41. The number of halogens is 1. The first-order chi connectivity index (χ1) is 17.5. The maximum Gasteiger partial charge on any atom is 0.412 e. The molecular weight excluding hydrogens is 481 g/mol. The summed E-state index contributed by atoms with van der Waals surface area (Å²) in [5.41, 5.74) is 0.0634. The van der Waals surface area contributed by atoms with Crippen LogP contribution in [0.15, 0.2) is 48.5 Å². The minimum atomic E-state index is -1.61. The molecule has 2 N–H and O–H groups in total. The molecule has 2 aromatic carbocycles. The Bertz CT molecular complexity index is 1100. The van der Waals surface area contributed by atoms with Crippen LogP contribution in [0, 0.1) is 5.82 Å². The van der Waals surface area contributed by atoms with Gasteiger partial charge in [-0.25, -0.2) is 14.0 Å². The van der Waals surface area contributed by atoms with E-state index in [1.165, 1.54) is 12.1 Å². The fourth-order valence-corrected chi connectivity index (χ4v) is 3.41. The van der Waals surface area contributed by atoms with E-state index in [0.29, 0.717) is 24.2 Å². The van der Waals surface area contributed by atoms with E-state index in [1.807, 2.05) is 6.92 Å². The van der Waals surface area contributed by atoms with E-state index in [9.17, 15) is 23.6 Å². The molecule has 2 rings (SSSR count). The highest BCUT2D eigenvalue weighted by Gasteiger charge is 2.37. The molecular formula is C27H34FN3O6. The van der Waals surface area contributed by atoms with E-state index in [2.05, 4.69) is 10.6 Å². The fraction of sp³-hybridized carbons (Fsp3) is 0.407. The molecule has 0 spiro atoms. The minimum absolute atomic E-state index is 0.0473. The van der Waals surface area contributed by atoms with Crippen molar-refractivity contribution in [2.24, 2.45) is 0 Å². The van der Waals surface area contributed by atoms with Crippen LogP contribution in [0.3, 0.4) is 0 Å². The molecule has 0 saturated heterocycles. The van der Waals surface area contributed by atoms with Gasteiger partial charge in [0.1, 0.15) is 11.4 Å². The monoisotopic (exact) mass is 515 g/mol. The Hall–Kier alpha value is -3.95.